The maximum absolute atomic E-state index is 12.7. The molecule has 1 aliphatic heterocycles. The van der Waals surface area contributed by atoms with Crippen LogP contribution in [0.4, 0.5) is 0 Å². The van der Waals surface area contributed by atoms with E-state index in [1.807, 2.05) is 6.92 Å². The largest absolute Gasteiger partial charge is 0.495 e. The van der Waals surface area contributed by atoms with E-state index >= 15 is 0 Å². The summed E-state index contributed by atoms with van der Waals surface area (Å²) < 4.78 is 32.2. The second-order valence-electron chi connectivity index (χ2n) is 5.34. The van der Waals surface area contributed by atoms with Gasteiger partial charge in [-0.2, -0.15) is 4.31 Å². The van der Waals surface area contributed by atoms with Crippen LogP contribution in [-0.4, -0.2) is 32.9 Å². The van der Waals surface area contributed by atoms with Crippen LogP contribution in [0.25, 0.3) is 0 Å². The van der Waals surface area contributed by atoms with Crippen molar-refractivity contribution < 1.29 is 13.2 Å². The SMILES string of the molecule is COc1cc(C)c(Cl)cc1S(=O)(=O)N1CCC(C)CC1. The molecule has 0 atom stereocenters. The highest BCUT2D eigenvalue weighted by Gasteiger charge is 2.31. The average Bonchev–Trinajstić information content (AvgIpc) is 2.41. The first-order chi connectivity index (χ1) is 9.36. The molecule has 0 saturated carbocycles. The predicted molar refractivity (Wildman–Crippen MR) is 79.9 cm³/mol. The maximum atomic E-state index is 12.7. The van der Waals surface area contributed by atoms with Gasteiger partial charge in [-0.1, -0.05) is 18.5 Å². The second kappa shape index (κ2) is 5.92. The molecule has 0 unspecified atom stereocenters. The Hall–Kier alpha value is -0.780. The first-order valence-corrected chi connectivity index (χ1v) is 8.52. The van der Waals surface area contributed by atoms with Crippen molar-refractivity contribution in [2.24, 2.45) is 5.92 Å². The van der Waals surface area contributed by atoms with Gasteiger partial charge in [0.1, 0.15) is 10.6 Å². The molecule has 112 valence electrons. The summed E-state index contributed by atoms with van der Waals surface area (Å²) in [4.78, 5) is 0.158. The van der Waals surface area contributed by atoms with Gasteiger partial charge in [0, 0.05) is 18.1 Å². The number of ether oxygens (including phenoxy) is 1. The molecular formula is C14H20ClNO3S. The van der Waals surface area contributed by atoms with Crippen LogP contribution >= 0.6 is 11.6 Å². The Morgan fingerprint density at radius 2 is 1.90 bits per heavy atom. The number of nitrogens with zero attached hydrogens (tertiary/aromatic N) is 1. The van der Waals surface area contributed by atoms with E-state index in [4.69, 9.17) is 16.3 Å². The molecular weight excluding hydrogens is 298 g/mol. The minimum absolute atomic E-state index is 0.158. The summed E-state index contributed by atoms with van der Waals surface area (Å²) >= 11 is 6.07. The van der Waals surface area contributed by atoms with Gasteiger partial charge in [-0.25, -0.2) is 8.42 Å². The summed E-state index contributed by atoms with van der Waals surface area (Å²) in [7, 11) is -2.07. The van der Waals surface area contributed by atoms with Crippen molar-refractivity contribution in [2.75, 3.05) is 20.2 Å². The highest BCUT2D eigenvalue weighted by molar-refractivity contribution is 7.89. The minimum Gasteiger partial charge on any atom is -0.495 e. The van der Waals surface area contributed by atoms with E-state index in [2.05, 4.69) is 6.92 Å². The molecule has 1 aromatic carbocycles. The Morgan fingerprint density at radius 3 is 2.45 bits per heavy atom. The molecule has 0 amide bonds. The van der Waals surface area contributed by atoms with E-state index in [-0.39, 0.29) is 4.90 Å². The van der Waals surface area contributed by atoms with Crippen molar-refractivity contribution in [1.82, 2.24) is 4.31 Å². The third kappa shape index (κ3) is 2.95. The molecule has 0 spiro atoms. The standard InChI is InChI=1S/C14H20ClNO3S/c1-10-4-6-16(7-5-10)20(17,18)14-9-12(15)11(2)8-13(14)19-3/h8-10H,4-7H2,1-3H3. The van der Waals surface area contributed by atoms with Gasteiger partial charge in [-0.3, -0.25) is 0 Å². The average molecular weight is 318 g/mol. The summed E-state index contributed by atoms with van der Waals surface area (Å²) in [6.07, 6.45) is 1.78. The van der Waals surface area contributed by atoms with Gasteiger partial charge in [-0.05, 0) is 43.4 Å². The second-order valence-corrected chi connectivity index (χ2v) is 7.65. The van der Waals surface area contributed by atoms with Crippen LogP contribution in [0.1, 0.15) is 25.3 Å². The number of benzene rings is 1. The highest BCUT2D eigenvalue weighted by Crippen LogP contribution is 2.33. The van der Waals surface area contributed by atoms with Crippen molar-refractivity contribution in [1.29, 1.82) is 0 Å². The molecule has 2 rings (SSSR count). The van der Waals surface area contributed by atoms with Gasteiger partial charge in [0.2, 0.25) is 10.0 Å². The fraction of sp³-hybridized carbons (Fsp3) is 0.571. The van der Waals surface area contributed by atoms with E-state index in [9.17, 15) is 8.42 Å². The van der Waals surface area contributed by atoms with Crippen LogP contribution in [-0.2, 0) is 10.0 Å². The fourth-order valence-corrected chi connectivity index (χ4v) is 4.22. The third-order valence-electron chi connectivity index (χ3n) is 3.81. The van der Waals surface area contributed by atoms with Gasteiger partial charge < -0.3 is 4.74 Å². The summed E-state index contributed by atoms with van der Waals surface area (Å²) in [6.45, 7) is 5.08. The van der Waals surface area contributed by atoms with Crippen molar-refractivity contribution in [2.45, 2.75) is 31.6 Å². The van der Waals surface area contributed by atoms with Crippen molar-refractivity contribution in [3.8, 4) is 5.75 Å². The number of sulfonamides is 1. The topological polar surface area (TPSA) is 46.6 Å². The zero-order chi connectivity index (χ0) is 14.9. The lowest BCUT2D eigenvalue weighted by atomic mass is 10.0. The lowest BCUT2D eigenvalue weighted by Crippen LogP contribution is -2.38. The Bertz CT molecular complexity index is 593. The van der Waals surface area contributed by atoms with Gasteiger partial charge >= 0.3 is 0 Å². The van der Waals surface area contributed by atoms with Gasteiger partial charge in [0.05, 0.1) is 7.11 Å². The van der Waals surface area contributed by atoms with Gasteiger partial charge in [0.15, 0.2) is 0 Å². The fourth-order valence-electron chi connectivity index (χ4n) is 2.36. The summed E-state index contributed by atoms with van der Waals surface area (Å²) in [6, 6.07) is 3.16. The number of hydrogen-bond donors (Lipinski definition) is 0. The van der Waals surface area contributed by atoms with Gasteiger partial charge in [0.25, 0.3) is 0 Å². The Balaban J connectivity index is 2.41. The molecule has 0 bridgehead atoms. The first-order valence-electron chi connectivity index (χ1n) is 6.70. The van der Waals surface area contributed by atoms with Crippen molar-refractivity contribution in [3.05, 3.63) is 22.7 Å². The zero-order valence-corrected chi connectivity index (χ0v) is 13.6. The molecule has 0 N–H and O–H groups in total. The molecule has 1 saturated heterocycles. The zero-order valence-electron chi connectivity index (χ0n) is 12.0. The summed E-state index contributed by atoms with van der Waals surface area (Å²) in [5.41, 5.74) is 0.801. The molecule has 1 fully saturated rings. The van der Waals surface area contributed by atoms with Gasteiger partial charge in [-0.15, -0.1) is 0 Å². The minimum atomic E-state index is -3.54. The van der Waals surface area contributed by atoms with E-state index in [1.54, 1.807) is 6.07 Å². The number of rotatable bonds is 3. The van der Waals surface area contributed by atoms with E-state index in [0.717, 1.165) is 18.4 Å². The monoisotopic (exact) mass is 317 g/mol. The Labute approximate surface area is 125 Å². The quantitative estimate of drug-likeness (QED) is 0.860. The van der Waals surface area contributed by atoms with Crippen LogP contribution < -0.4 is 4.74 Å². The number of hydrogen-bond acceptors (Lipinski definition) is 3. The number of piperidine rings is 1. The number of aryl methyl sites for hydroxylation is 1. The lowest BCUT2D eigenvalue weighted by molar-refractivity contribution is 0.287. The number of methoxy groups -OCH3 is 1. The molecule has 4 nitrogen and oxygen atoms in total. The summed E-state index contributed by atoms with van der Waals surface area (Å²) in [5.74, 6) is 0.926. The normalized spacial score (nSPS) is 18.2. The van der Waals surface area contributed by atoms with Crippen LogP contribution in [0.2, 0.25) is 5.02 Å². The highest BCUT2D eigenvalue weighted by atomic mass is 35.5. The predicted octanol–water partition coefficient (Wildman–Crippen LogP) is 3.08. The Kier molecular flexibility index (Phi) is 4.62. The van der Waals surface area contributed by atoms with Crippen LogP contribution in [0.5, 0.6) is 5.75 Å². The molecule has 20 heavy (non-hydrogen) atoms. The molecule has 1 heterocycles. The maximum Gasteiger partial charge on any atom is 0.246 e. The van der Waals surface area contributed by atoms with E-state index < -0.39 is 10.0 Å². The molecule has 0 aliphatic carbocycles. The van der Waals surface area contributed by atoms with E-state index in [0.29, 0.717) is 29.8 Å². The van der Waals surface area contributed by atoms with Crippen LogP contribution in [0.15, 0.2) is 17.0 Å². The number of halogens is 1. The molecule has 6 heteroatoms. The van der Waals surface area contributed by atoms with E-state index in [1.165, 1.54) is 17.5 Å². The van der Waals surface area contributed by atoms with Crippen molar-refractivity contribution in [3.63, 3.8) is 0 Å². The molecule has 0 radical (unpaired) electrons. The Morgan fingerprint density at radius 1 is 1.30 bits per heavy atom. The first kappa shape index (κ1) is 15.6. The lowest BCUT2D eigenvalue weighted by Gasteiger charge is -2.30. The summed E-state index contributed by atoms with van der Waals surface area (Å²) in [5, 5.41) is 0.440. The third-order valence-corrected chi connectivity index (χ3v) is 6.13. The molecule has 0 aromatic heterocycles. The molecule has 1 aromatic rings. The van der Waals surface area contributed by atoms with Crippen molar-refractivity contribution >= 4 is 21.6 Å². The van der Waals surface area contributed by atoms with Crippen LogP contribution in [0, 0.1) is 12.8 Å². The smallest absolute Gasteiger partial charge is 0.246 e. The molecule has 1 aliphatic rings. The van der Waals surface area contributed by atoms with Crippen LogP contribution in [0.3, 0.4) is 0 Å².